The lowest BCUT2D eigenvalue weighted by Gasteiger charge is -2.28. The third kappa shape index (κ3) is 1.38. The summed E-state index contributed by atoms with van der Waals surface area (Å²) in [6.45, 7) is 2.17. The molecule has 2 aromatic rings. The number of fused-ring (bicyclic) bond motifs is 1. The second-order valence-corrected chi connectivity index (χ2v) is 4.62. The van der Waals surface area contributed by atoms with E-state index in [1.54, 1.807) is 11.3 Å². The summed E-state index contributed by atoms with van der Waals surface area (Å²) >= 11 is 1.79. The monoisotopic (exact) mass is 204 g/mol. The van der Waals surface area contributed by atoms with E-state index >= 15 is 0 Å². The molecule has 1 aliphatic heterocycles. The summed E-state index contributed by atoms with van der Waals surface area (Å²) in [5, 5.41) is 10.2. The van der Waals surface area contributed by atoms with Crippen molar-refractivity contribution in [2.45, 2.75) is 6.04 Å². The van der Waals surface area contributed by atoms with E-state index in [9.17, 15) is 0 Å². The van der Waals surface area contributed by atoms with E-state index < -0.39 is 0 Å². The average molecular weight is 204 g/mol. The predicted octanol–water partition coefficient (Wildman–Crippen LogP) is 2.29. The Morgan fingerprint density at radius 1 is 1.29 bits per heavy atom. The van der Waals surface area contributed by atoms with Gasteiger partial charge in [-0.25, -0.2) is 0 Å². The summed E-state index contributed by atoms with van der Waals surface area (Å²) in [6.07, 6.45) is 0. The Labute approximate surface area is 86.9 Å². The summed E-state index contributed by atoms with van der Waals surface area (Å²) in [5.41, 5.74) is 1.24. The molecule has 1 aromatic heterocycles. The predicted molar refractivity (Wildman–Crippen MR) is 62.1 cm³/mol. The molecule has 1 saturated heterocycles. The van der Waals surface area contributed by atoms with Crippen LogP contribution in [0.1, 0.15) is 0 Å². The van der Waals surface area contributed by atoms with Crippen LogP contribution in [-0.2, 0) is 0 Å². The number of thiophene rings is 1. The maximum atomic E-state index is 3.50. The van der Waals surface area contributed by atoms with Crippen LogP contribution >= 0.6 is 11.3 Å². The molecule has 1 fully saturated rings. The number of anilines is 1. The topological polar surface area (TPSA) is 24.1 Å². The zero-order valence-electron chi connectivity index (χ0n) is 7.79. The van der Waals surface area contributed by atoms with E-state index in [0.717, 1.165) is 13.1 Å². The number of hydrogen-bond donors (Lipinski definition) is 2. The van der Waals surface area contributed by atoms with Crippen molar-refractivity contribution in [3.05, 3.63) is 29.6 Å². The van der Waals surface area contributed by atoms with Crippen LogP contribution in [0.2, 0.25) is 0 Å². The van der Waals surface area contributed by atoms with Gasteiger partial charge in [0.2, 0.25) is 0 Å². The van der Waals surface area contributed by atoms with Crippen LogP contribution < -0.4 is 10.6 Å². The van der Waals surface area contributed by atoms with Gasteiger partial charge in [0.15, 0.2) is 0 Å². The fourth-order valence-electron chi connectivity index (χ4n) is 1.68. The molecular formula is C11H12N2S. The zero-order chi connectivity index (χ0) is 9.38. The molecule has 2 heterocycles. The van der Waals surface area contributed by atoms with Crippen LogP contribution in [-0.4, -0.2) is 19.1 Å². The highest BCUT2D eigenvalue weighted by Crippen LogP contribution is 2.24. The first-order valence-corrected chi connectivity index (χ1v) is 5.74. The molecule has 0 saturated carbocycles. The fourth-order valence-corrected chi connectivity index (χ4v) is 2.45. The Kier molecular flexibility index (Phi) is 1.92. The van der Waals surface area contributed by atoms with Crippen molar-refractivity contribution in [3.63, 3.8) is 0 Å². The average Bonchev–Trinajstić information content (AvgIpc) is 2.58. The first-order valence-electron chi connectivity index (χ1n) is 4.86. The number of hydrogen-bond acceptors (Lipinski definition) is 3. The Morgan fingerprint density at radius 3 is 3.00 bits per heavy atom. The molecule has 1 aliphatic rings. The largest absolute Gasteiger partial charge is 0.380 e. The molecule has 0 spiro atoms. The van der Waals surface area contributed by atoms with E-state index in [4.69, 9.17) is 0 Å². The van der Waals surface area contributed by atoms with E-state index in [0.29, 0.717) is 6.04 Å². The van der Waals surface area contributed by atoms with Crippen LogP contribution in [0.25, 0.3) is 10.1 Å². The van der Waals surface area contributed by atoms with Crippen molar-refractivity contribution in [2.24, 2.45) is 0 Å². The highest BCUT2D eigenvalue weighted by Gasteiger charge is 2.15. The molecule has 3 rings (SSSR count). The maximum Gasteiger partial charge on any atom is 0.0510 e. The Balaban J connectivity index is 1.88. The Hall–Kier alpha value is -1.06. The van der Waals surface area contributed by atoms with E-state index in [-0.39, 0.29) is 0 Å². The standard InChI is InChI=1S/C11H12N2S/c1-2-11-8(3-4-14-11)5-9(1)13-10-6-12-7-10/h1-5,10,12-13H,6-7H2. The first kappa shape index (κ1) is 8.26. The van der Waals surface area contributed by atoms with Gasteiger partial charge in [0, 0.05) is 23.5 Å². The molecule has 14 heavy (non-hydrogen) atoms. The maximum absolute atomic E-state index is 3.50. The highest BCUT2D eigenvalue weighted by atomic mass is 32.1. The lowest BCUT2D eigenvalue weighted by molar-refractivity contribution is 0.472. The van der Waals surface area contributed by atoms with Gasteiger partial charge in [0.25, 0.3) is 0 Å². The summed E-state index contributed by atoms with van der Waals surface area (Å²) in [5.74, 6) is 0. The number of rotatable bonds is 2. The minimum Gasteiger partial charge on any atom is -0.380 e. The van der Waals surface area contributed by atoms with Gasteiger partial charge in [0.1, 0.15) is 0 Å². The second-order valence-electron chi connectivity index (χ2n) is 3.67. The SMILES string of the molecule is c1cc2cc(NC3CNC3)ccc2s1. The van der Waals surface area contributed by atoms with Crippen LogP contribution in [0.15, 0.2) is 29.6 Å². The lowest BCUT2D eigenvalue weighted by atomic mass is 10.1. The van der Waals surface area contributed by atoms with Crippen molar-refractivity contribution in [1.82, 2.24) is 5.32 Å². The summed E-state index contributed by atoms with van der Waals surface area (Å²) in [4.78, 5) is 0. The third-order valence-corrected chi connectivity index (χ3v) is 3.50. The Morgan fingerprint density at radius 2 is 2.21 bits per heavy atom. The molecule has 0 aliphatic carbocycles. The lowest BCUT2D eigenvalue weighted by Crippen LogP contribution is -2.51. The molecule has 0 unspecified atom stereocenters. The van der Waals surface area contributed by atoms with Gasteiger partial charge >= 0.3 is 0 Å². The third-order valence-electron chi connectivity index (χ3n) is 2.60. The van der Waals surface area contributed by atoms with Gasteiger partial charge in [-0.05, 0) is 35.0 Å². The smallest absolute Gasteiger partial charge is 0.0510 e. The van der Waals surface area contributed by atoms with Gasteiger partial charge in [-0.15, -0.1) is 11.3 Å². The summed E-state index contributed by atoms with van der Waals surface area (Å²) in [7, 11) is 0. The molecule has 0 radical (unpaired) electrons. The quantitative estimate of drug-likeness (QED) is 0.784. The molecular weight excluding hydrogens is 192 g/mol. The van der Waals surface area contributed by atoms with E-state index in [2.05, 4.69) is 40.3 Å². The fraction of sp³-hybridized carbons (Fsp3) is 0.273. The Bertz CT molecular complexity index is 445. The van der Waals surface area contributed by atoms with Crippen LogP contribution in [0.3, 0.4) is 0 Å². The van der Waals surface area contributed by atoms with Gasteiger partial charge in [-0.1, -0.05) is 0 Å². The van der Waals surface area contributed by atoms with Gasteiger partial charge in [0.05, 0.1) is 6.04 Å². The van der Waals surface area contributed by atoms with Crippen LogP contribution in [0.5, 0.6) is 0 Å². The van der Waals surface area contributed by atoms with E-state index in [1.807, 2.05) is 0 Å². The number of nitrogens with one attached hydrogen (secondary N) is 2. The van der Waals surface area contributed by atoms with Crippen LogP contribution in [0, 0.1) is 0 Å². The number of benzene rings is 1. The molecule has 2 nitrogen and oxygen atoms in total. The van der Waals surface area contributed by atoms with E-state index in [1.165, 1.54) is 15.8 Å². The summed E-state index contributed by atoms with van der Waals surface area (Å²) in [6, 6.07) is 9.37. The molecule has 2 N–H and O–H groups in total. The van der Waals surface area contributed by atoms with Gasteiger partial charge in [-0.2, -0.15) is 0 Å². The second kappa shape index (κ2) is 3.26. The first-order chi connectivity index (χ1) is 6.92. The van der Waals surface area contributed by atoms with Gasteiger partial charge < -0.3 is 10.6 Å². The molecule has 3 heteroatoms. The van der Waals surface area contributed by atoms with Gasteiger partial charge in [-0.3, -0.25) is 0 Å². The zero-order valence-corrected chi connectivity index (χ0v) is 8.60. The summed E-state index contributed by atoms with van der Waals surface area (Å²) < 4.78 is 1.36. The van der Waals surface area contributed by atoms with Crippen LogP contribution in [0.4, 0.5) is 5.69 Å². The minimum atomic E-state index is 0.617. The normalized spacial score (nSPS) is 16.9. The van der Waals surface area contributed by atoms with Crippen molar-refractivity contribution in [1.29, 1.82) is 0 Å². The minimum absolute atomic E-state index is 0.617. The molecule has 0 atom stereocenters. The highest BCUT2D eigenvalue weighted by molar-refractivity contribution is 7.17. The van der Waals surface area contributed by atoms with Crippen molar-refractivity contribution in [2.75, 3.05) is 18.4 Å². The molecule has 0 amide bonds. The van der Waals surface area contributed by atoms with Crippen molar-refractivity contribution in [3.8, 4) is 0 Å². The molecule has 72 valence electrons. The molecule has 1 aromatic carbocycles. The van der Waals surface area contributed by atoms with Crippen molar-refractivity contribution < 1.29 is 0 Å². The van der Waals surface area contributed by atoms with Crippen molar-refractivity contribution >= 4 is 27.1 Å². The molecule has 0 bridgehead atoms.